The maximum absolute atomic E-state index is 0. The molecule has 0 amide bonds. The molecule has 0 saturated carbocycles. The normalized spacial score (nSPS) is 0. The van der Waals surface area contributed by atoms with Crippen LogP contribution in [0.3, 0.4) is 0 Å². The molecule has 52 valence electrons. The second kappa shape index (κ2) is 71.2. The van der Waals surface area contributed by atoms with Crippen molar-refractivity contribution in [2.24, 2.45) is 0 Å². The quantitative estimate of drug-likeness (QED) is 0.325. The van der Waals surface area contributed by atoms with Crippen LogP contribution in [0.25, 0.3) is 0 Å². The van der Waals surface area contributed by atoms with Crippen molar-refractivity contribution >= 4 is 0 Å². The molecular weight excluding hydrogens is 1700 g/mol. The SMILES string of the molecule is C.C.[CH3-].[U].[U].[U].[U].[U].[U].[U]. The maximum atomic E-state index is 0. The zero-order valence-corrected chi connectivity index (χ0v) is 33.6. The topological polar surface area (TPSA) is 0 Å². The van der Waals surface area contributed by atoms with Crippen molar-refractivity contribution in [3.8, 4) is 0 Å². The molecule has 0 N–H and O–H groups in total. The molecule has 0 spiro atoms. The summed E-state index contributed by atoms with van der Waals surface area (Å²) < 4.78 is 0. The standard InChI is InChI=1S/2CH4.CH3.7U/h2*1H4;1H3;;;;;;;/q;;-1;;;;;;;. The van der Waals surface area contributed by atoms with Crippen LogP contribution in [0.15, 0.2) is 0 Å². The molecule has 0 nitrogen and oxygen atoms in total. The Kier molecular flexibility index (Phi) is 611. The molecule has 0 heterocycles. The van der Waals surface area contributed by atoms with E-state index in [1.54, 1.807) is 0 Å². The Morgan fingerprint density at radius 3 is 0.300 bits per heavy atom. The zero-order valence-electron chi connectivity index (χ0n) is 4.50. The van der Waals surface area contributed by atoms with Crippen LogP contribution >= 0.6 is 0 Å². The van der Waals surface area contributed by atoms with Crippen LogP contribution in [0.1, 0.15) is 14.9 Å². The molecule has 0 fully saturated rings. The first-order chi connectivity index (χ1) is 0. The predicted octanol–water partition coefficient (Wildman–Crippen LogP) is 1.72. The van der Waals surface area contributed by atoms with Crippen LogP contribution in [0.4, 0.5) is 0 Å². The van der Waals surface area contributed by atoms with Crippen molar-refractivity contribution in [1.29, 1.82) is 0 Å². The fourth-order valence-electron chi connectivity index (χ4n) is 0. The van der Waals surface area contributed by atoms with Crippen molar-refractivity contribution in [3.63, 3.8) is 0 Å². The average Bonchev–Trinajstić information content (AvgIpc) is 0. The minimum Gasteiger partial charge on any atom is -0.358 e. The van der Waals surface area contributed by atoms with Crippen LogP contribution < -0.4 is 0 Å². The Bertz CT molecular complexity index is 8.81. The van der Waals surface area contributed by atoms with E-state index in [2.05, 4.69) is 0 Å². The Morgan fingerprint density at radius 1 is 0.300 bits per heavy atom. The summed E-state index contributed by atoms with van der Waals surface area (Å²) in [6.07, 6.45) is 0. The fourth-order valence-corrected chi connectivity index (χ4v) is 0. The smallest absolute Gasteiger partial charge is 0 e. The van der Waals surface area contributed by atoms with E-state index in [1.165, 1.54) is 0 Å². The number of rotatable bonds is 0. The van der Waals surface area contributed by atoms with Gasteiger partial charge in [0.15, 0.2) is 0 Å². The maximum Gasteiger partial charge on any atom is 0 e. The summed E-state index contributed by atoms with van der Waals surface area (Å²) in [4.78, 5) is 0. The van der Waals surface area contributed by atoms with Gasteiger partial charge in [-0.15, -0.1) is 0 Å². The molecule has 0 rings (SSSR count). The van der Waals surface area contributed by atoms with Gasteiger partial charge in [-0.05, 0) is 0 Å². The average molecular weight is 1710 g/mol. The van der Waals surface area contributed by atoms with Gasteiger partial charge in [0.05, 0.1) is 0 Å². The molecule has 0 radical (unpaired) electrons. The minimum absolute atomic E-state index is 0. The molecule has 0 atom stereocenters. The molecule has 0 aromatic rings. The van der Waals surface area contributed by atoms with Gasteiger partial charge in [0, 0.05) is 218 Å². The number of hydrogen-bond donors (Lipinski definition) is 0. The molecule has 0 aliphatic rings. The number of hydrogen-bond acceptors (Lipinski definition) is 0. The van der Waals surface area contributed by atoms with Gasteiger partial charge in [0.2, 0.25) is 0 Å². The van der Waals surface area contributed by atoms with Gasteiger partial charge in [-0.3, -0.25) is 0 Å². The summed E-state index contributed by atoms with van der Waals surface area (Å²) in [6, 6.07) is 0. The van der Waals surface area contributed by atoms with Crippen LogP contribution in [0, 0.1) is 225 Å². The fraction of sp³-hybridized carbons (Fsp3) is 0.667. The van der Waals surface area contributed by atoms with Crippen molar-refractivity contribution in [1.82, 2.24) is 0 Å². The van der Waals surface area contributed by atoms with Crippen LogP contribution in [0.2, 0.25) is 0 Å². The van der Waals surface area contributed by atoms with Crippen molar-refractivity contribution < 1.29 is 218 Å². The summed E-state index contributed by atoms with van der Waals surface area (Å²) in [5, 5.41) is 0. The van der Waals surface area contributed by atoms with Crippen molar-refractivity contribution in [2.45, 2.75) is 14.9 Å². The van der Waals surface area contributed by atoms with Crippen molar-refractivity contribution in [2.75, 3.05) is 0 Å². The third-order valence-corrected chi connectivity index (χ3v) is 0. The van der Waals surface area contributed by atoms with Gasteiger partial charge in [-0.25, -0.2) is 0 Å². The Morgan fingerprint density at radius 2 is 0.300 bits per heavy atom. The molecular formula is C3H11U7-. The van der Waals surface area contributed by atoms with E-state index in [1.807, 2.05) is 0 Å². The molecule has 7 heteroatoms. The molecule has 0 aromatic heterocycles. The summed E-state index contributed by atoms with van der Waals surface area (Å²) in [5.74, 6) is 0. The Balaban J connectivity index is 0. The first-order valence-corrected chi connectivity index (χ1v) is 0. The van der Waals surface area contributed by atoms with Gasteiger partial charge >= 0.3 is 0 Å². The van der Waals surface area contributed by atoms with Gasteiger partial charge in [0.1, 0.15) is 0 Å². The van der Waals surface area contributed by atoms with Crippen molar-refractivity contribution in [3.05, 3.63) is 7.43 Å². The third kappa shape index (κ3) is 58.5. The summed E-state index contributed by atoms with van der Waals surface area (Å²) >= 11 is 0. The second-order valence-corrected chi connectivity index (χ2v) is 0. The van der Waals surface area contributed by atoms with E-state index in [9.17, 15) is 0 Å². The molecule has 10 heavy (non-hydrogen) atoms. The molecule has 0 bridgehead atoms. The van der Waals surface area contributed by atoms with Gasteiger partial charge in [-0.2, -0.15) is 0 Å². The van der Waals surface area contributed by atoms with E-state index in [0.29, 0.717) is 0 Å². The van der Waals surface area contributed by atoms with Gasteiger partial charge in [0.25, 0.3) is 0 Å². The summed E-state index contributed by atoms with van der Waals surface area (Å²) in [7, 11) is 0. The molecule has 0 aromatic carbocycles. The molecule has 0 aliphatic carbocycles. The van der Waals surface area contributed by atoms with Gasteiger partial charge in [-0.1, -0.05) is 14.9 Å². The molecule has 0 aliphatic heterocycles. The summed E-state index contributed by atoms with van der Waals surface area (Å²) in [6.45, 7) is 0. The minimum atomic E-state index is 0. The Hall–Kier alpha value is 7.36. The predicted molar refractivity (Wildman–Crippen MR) is 19.9 cm³/mol. The van der Waals surface area contributed by atoms with Gasteiger partial charge < -0.3 is 7.43 Å². The van der Waals surface area contributed by atoms with E-state index < -0.39 is 0 Å². The first kappa shape index (κ1) is 85.7. The monoisotopic (exact) mass is 1710 g/mol. The third-order valence-electron chi connectivity index (χ3n) is 0. The van der Waals surface area contributed by atoms with E-state index in [4.69, 9.17) is 0 Å². The van der Waals surface area contributed by atoms with E-state index in [0.717, 1.165) is 0 Å². The molecule has 0 saturated heterocycles. The van der Waals surface area contributed by atoms with Crippen LogP contribution in [-0.4, -0.2) is 0 Å². The second-order valence-electron chi connectivity index (χ2n) is 0. The summed E-state index contributed by atoms with van der Waals surface area (Å²) in [5.41, 5.74) is 0. The van der Waals surface area contributed by atoms with E-state index in [-0.39, 0.29) is 240 Å². The Labute approximate surface area is 233 Å². The largest absolute Gasteiger partial charge is 0.358 e. The zero-order chi connectivity index (χ0) is 0. The first-order valence-electron chi connectivity index (χ1n) is 0. The van der Waals surface area contributed by atoms with Crippen LogP contribution in [0.5, 0.6) is 0 Å². The van der Waals surface area contributed by atoms with E-state index >= 15 is 0 Å². The van der Waals surface area contributed by atoms with Crippen LogP contribution in [-0.2, 0) is 0 Å². The molecule has 0 unspecified atom stereocenters.